The van der Waals surface area contributed by atoms with Crippen molar-refractivity contribution >= 4 is 11.7 Å². The molecule has 0 heterocycles. The van der Waals surface area contributed by atoms with Crippen molar-refractivity contribution in [1.29, 1.82) is 5.26 Å². The predicted octanol–water partition coefficient (Wildman–Crippen LogP) is 1.78. The minimum Gasteiger partial charge on any atom is -0.493 e. The van der Waals surface area contributed by atoms with E-state index in [2.05, 4.69) is 4.74 Å². The number of hydrogen-bond acceptors (Lipinski definition) is 7. The average molecular weight is 294 g/mol. The van der Waals surface area contributed by atoms with Crippen LogP contribution in [0.15, 0.2) is 12.1 Å². The van der Waals surface area contributed by atoms with Gasteiger partial charge in [-0.3, -0.25) is 14.9 Å². The molecule has 1 aromatic rings. The van der Waals surface area contributed by atoms with Gasteiger partial charge < -0.3 is 14.2 Å². The highest BCUT2D eigenvalue weighted by molar-refractivity contribution is 5.72. The van der Waals surface area contributed by atoms with E-state index < -0.39 is 16.8 Å². The summed E-state index contributed by atoms with van der Waals surface area (Å²) in [5, 5.41) is 20.3. The van der Waals surface area contributed by atoms with Crippen LogP contribution >= 0.6 is 0 Å². The first kappa shape index (κ1) is 16.2. The third kappa shape index (κ3) is 3.60. The molecule has 1 atom stereocenters. The van der Waals surface area contributed by atoms with Crippen molar-refractivity contribution in [3.05, 3.63) is 27.8 Å². The molecule has 1 unspecified atom stereocenters. The molecule has 0 aromatic heterocycles. The number of nitro benzene ring substituents is 1. The third-order valence-corrected chi connectivity index (χ3v) is 2.86. The Morgan fingerprint density at radius 3 is 2.33 bits per heavy atom. The maximum atomic E-state index is 11.3. The van der Waals surface area contributed by atoms with Crippen LogP contribution in [0.1, 0.15) is 17.9 Å². The number of nitrogens with zero attached hydrogens (tertiary/aromatic N) is 2. The quantitative estimate of drug-likeness (QED) is 0.446. The van der Waals surface area contributed by atoms with Crippen LogP contribution in [0.2, 0.25) is 0 Å². The summed E-state index contributed by atoms with van der Waals surface area (Å²) >= 11 is 0. The molecule has 0 N–H and O–H groups in total. The number of benzene rings is 1. The maximum absolute atomic E-state index is 11.3. The van der Waals surface area contributed by atoms with Gasteiger partial charge in [-0.2, -0.15) is 5.26 Å². The molecule has 0 aliphatic carbocycles. The molecular weight excluding hydrogens is 280 g/mol. The van der Waals surface area contributed by atoms with Gasteiger partial charge in [-0.05, 0) is 6.07 Å². The molecule has 0 fully saturated rings. The Labute approximate surface area is 121 Å². The first-order valence-corrected chi connectivity index (χ1v) is 5.85. The molecule has 0 saturated carbocycles. The Hall–Kier alpha value is -2.82. The fourth-order valence-corrected chi connectivity index (χ4v) is 1.80. The normalized spacial score (nSPS) is 11.1. The predicted molar refractivity (Wildman–Crippen MR) is 71.2 cm³/mol. The minimum absolute atomic E-state index is 0.0746. The molecule has 8 heteroatoms. The van der Waals surface area contributed by atoms with E-state index in [0.717, 1.165) is 6.07 Å². The Bertz CT molecular complexity index is 593. The van der Waals surface area contributed by atoms with Gasteiger partial charge in [0, 0.05) is 0 Å². The second-order valence-electron chi connectivity index (χ2n) is 3.99. The van der Waals surface area contributed by atoms with Gasteiger partial charge in [0.15, 0.2) is 11.5 Å². The van der Waals surface area contributed by atoms with Gasteiger partial charge in [-0.1, -0.05) is 0 Å². The fourth-order valence-electron chi connectivity index (χ4n) is 1.80. The topological polar surface area (TPSA) is 112 Å². The molecule has 8 nitrogen and oxygen atoms in total. The highest BCUT2D eigenvalue weighted by Gasteiger charge is 2.27. The van der Waals surface area contributed by atoms with E-state index in [1.807, 2.05) is 6.07 Å². The van der Waals surface area contributed by atoms with Gasteiger partial charge in [0.25, 0.3) is 5.69 Å². The van der Waals surface area contributed by atoms with Crippen LogP contribution in [-0.2, 0) is 9.53 Å². The molecule has 21 heavy (non-hydrogen) atoms. The number of methoxy groups -OCH3 is 3. The number of ether oxygens (including phenoxy) is 3. The largest absolute Gasteiger partial charge is 0.493 e. The molecule has 0 aliphatic heterocycles. The number of esters is 1. The second-order valence-corrected chi connectivity index (χ2v) is 3.99. The zero-order valence-corrected chi connectivity index (χ0v) is 11.8. The van der Waals surface area contributed by atoms with Crippen molar-refractivity contribution in [3.63, 3.8) is 0 Å². The van der Waals surface area contributed by atoms with E-state index in [1.165, 1.54) is 27.4 Å². The van der Waals surface area contributed by atoms with Crippen molar-refractivity contribution in [2.75, 3.05) is 21.3 Å². The van der Waals surface area contributed by atoms with E-state index in [-0.39, 0.29) is 29.2 Å². The van der Waals surface area contributed by atoms with E-state index in [1.54, 1.807) is 0 Å². The van der Waals surface area contributed by atoms with Crippen LogP contribution in [-0.4, -0.2) is 32.2 Å². The minimum atomic E-state index is -1.02. The molecule has 0 saturated heterocycles. The average Bonchev–Trinajstić information content (AvgIpc) is 2.50. The highest BCUT2D eigenvalue weighted by atomic mass is 16.6. The van der Waals surface area contributed by atoms with Gasteiger partial charge in [0.05, 0.1) is 56.3 Å². The van der Waals surface area contributed by atoms with E-state index in [4.69, 9.17) is 14.7 Å². The van der Waals surface area contributed by atoms with Crippen molar-refractivity contribution in [2.45, 2.75) is 12.3 Å². The van der Waals surface area contributed by atoms with Gasteiger partial charge in [-0.25, -0.2) is 0 Å². The SMILES string of the molecule is COC(=O)CC(C#N)c1cc(OC)c(OC)cc1[N+](=O)[O-]. The van der Waals surface area contributed by atoms with E-state index in [9.17, 15) is 14.9 Å². The summed E-state index contributed by atoms with van der Waals surface area (Å²) in [5.74, 6) is -1.24. The molecule has 0 bridgehead atoms. The molecule has 1 rings (SSSR count). The lowest BCUT2D eigenvalue weighted by Crippen LogP contribution is -2.09. The molecule has 0 radical (unpaired) electrons. The van der Waals surface area contributed by atoms with Crippen LogP contribution in [0.4, 0.5) is 5.69 Å². The Kier molecular flexibility index (Phi) is 5.48. The number of hydrogen-bond donors (Lipinski definition) is 0. The molecule has 1 aromatic carbocycles. The van der Waals surface area contributed by atoms with Crippen LogP contribution < -0.4 is 9.47 Å². The standard InChI is InChI=1S/C13H14N2O6/c1-19-11-5-9(8(7-14)4-13(16)21-3)10(15(17)18)6-12(11)20-2/h5-6,8H,4H2,1-3H3. The number of carbonyl (C=O) groups excluding carboxylic acids is 1. The maximum Gasteiger partial charge on any atom is 0.307 e. The third-order valence-electron chi connectivity index (χ3n) is 2.86. The summed E-state index contributed by atoms with van der Waals surface area (Å²) in [6.07, 6.45) is -0.288. The summed E-state index contributed by atoms with van der Waals surface area (Å²) in [6.45, 7) is 0. The summed E-state index contributed by atoms with van der Waals surface area (Å²) in [7, 11) is 3.90. The van der Waals surface area contributed by atoms with Crippen LogP contribution in [0.3, 0.4) is 0 Å². The lowest BCUT2D eigenvalue weighted by Gasteiger charge is -2.13. The summed E-state index contributed by atoms with van der Waals surface area (Å²) in [5.41, 5.74) is -0.242. The Morgan fingerprint density at radius 1 is 1.33 bits per heavy atom. The zero-order valence-electron chi connectivity index (χ0n) is 11.8. The van der Waals surface area contributed by atoms with Crippen LogP contribution in [0.25, 0.3) is 0 Å². The van der Waals surface area contributed by atoms with Gasteiger partial charge in [0.1, 0.15) is 0 Å². The lowest BCUT2D eigenvalue weighted by molar-refractivity contribution is -0.385. The zero-order chi connectivity index (χ0) is 16.0. The van der Waals surface area contributed by atoms with E-state index in [0.29, 0.717) is 0 Å². The van der Waals surface area contributed by atoms with Crippen molar-refractivity contribution < 1.29 is 23.9 Å². The van der Waals surface area contributed by atoms with Gasteiger partial charge in [0.2, 0.25) is 0 Å². The van der Waals surface area contributed by atoms with Crippen LogP contribution in [0, 0.1) is 21.4 Å². The number of carbonyl (C=O) groups is 1. The van der Waals surface area contributed by atoms with Crippen molar-refractivity contribution in [1.82, 2.24) is 0 Å². The van der Waals surface area contributed by atoms with Gasteiger partial charge >= 0.3 is 5.97 Å². The molecule has 0 amide bonds. The summed E-state index contributed by atoms with van der Waals surface area (Å²) in [6, 6.07) is 4.36. The summed E-state index contributed by atoms with van der Waals surface area (Å²) in [4.78, 5) is 21.8. The van der Waals surface area contributed by atoms with Crippen molar-refractivity contribution in [3.8, 4) is 17.6 Å². The smallest absolute Gasteiger partial charge is 0.307 e. The highest BCUT2D eigenvalue weighted by Crippen LogP contribution is 2.38. The molecule has 112 valence electrons. The number of nitro groups is 1. The monoisotopic (exact) mass is 294 g/mol. The fraction of sp³-hybridized carbons (Fsp3) is 0.385. The molecular formula is C13H14N2O6. The molecule has 0 aliphatic rings. The Balaban J connectivity index is 3.40. The summed E-state index contributed by atoms with van der Waals surface area (Å²) < 4.78 is 14.5. The van der Waals surface area contributed by atoms with Crippen LogP contribution in [0.5, 0.6) is 11.5 Å². The first-order chi connectivity index (χ1) is 9.98. The molecule has 0 spiro atoms. The van der Waals surface area contributed by atoms with Gasteiger partial charge in [-0.15, -0.1) is 0 Å². The Morgan fingerprint density at radius 2 is 1.90 bits per heavy atom. The second kappa shape index (κ2) is 7.09. The van der Waals surface area contributed by atoms with Crippen molar-refractivity contribution in [2.24, 2.45) is 0 Å². The first-order valence-electron chi connectivity index (χ1n) is 5.85. The lowest BCUT2D eigenvalue weighted by atomic mass is 9.95. The number of nitriles is 1. The van der Waals surface area contributed by atoms with E-state index >= 15 is 0 Å². The number of rotatable bonds is 6.